The van der Waals surface area contributed by atoms with Crippen LogP contribution in [-0.2, 0) is 19.0 Å². The van der Waals surface area contributed by atoms with Crippen LogP contribution in [0.4, 0.5) is 0 Å². The number of hydrogen-bond acceptors (Lipinski definition) is 4. The van der Waals surface area contributed by atoms with Crippen LogP contribution in [0.25, 0.3) is 6.08 Å². The molecule has 0 unspecified atom stereocenters. The van der Waals surface area contributed by atoms with Crippen LogP contribution in [0.5, 0.6) is 0 Å². The van der Waals surface area contributed by atoms with E-state index in [-0.39, 0.29) is 12.3 Å². The lowest BCUT2D eigenvalue weighted by molar-refractivity contribution is -0.137. The van der Waals surface area contributed by atoms with Gasteiger partial charge in [-0.05, 0) is 24.6 Å². The molecule has 18 heavy (non-hydrogen) atoms. The average Bonchev–Trinajstić information content (AvgIpc) is 2.91. The SMILES string of the molecule is CCOC(=O)C=Cc1cccc(C2OCCO2)c1. The highest BCUT2D eigenvalue weighted by atomic mass is 16.7. The minimum absolute atomic E-state index is 0.291. The van der Waals surface area contributed by atoms with Crippen molar-refractivity contribution in [3.63, 3.8) is 0 Å². The van der Waals surface area contributed by atoms with Gasteiger partial charge in [0.2, 0.25) is 0 Å². The van der Waals surface area contributed by atoms with E-state index < -0.39 is 0 Å². The van der Waals surface area contributed by atoms with Gasteiger partial charge < -0.3 is 14.2 Å². The molecule has 1 fully saturated rings. The summed E-state index contributed by atoms with van der Waals surface area (Å²) in [6.45, 7) is 3.40. The third kappa shape index (κ3) is 3.42. The Labute approximate surface area is 106 Å². The van der Waals surface area contributed by atoms with Gasteiger partial charge in [0.05, 0.1) is 19.8 Å². The van der Waals surface area contributed by atoms with E-state index in [4.69, 9.17) is 14.2 Å². The molecule has 0 spiro atoms. The van der Waals surface area contributed by atoms with Gasteiger partial charge in [-0.1, -0.05) is 18.2 Å². The van der Waals surface area contributed by atoms with Gasteiger partial charge in [-0.15, -0.1) is 0 Å². The summed E-state index contributed by atoms with van der Waals surface area (Å²) in [5.74, 6) is -0.337. The first-order valence-corrected chi connectivity index (χ1v) is 5.97. The van der Waals surface area contributed by atoms with E-state index in [1.54, 1.807) is 13.0 Å². The second-order valence-electron chi connectivity index (χ2n) is 3.83. The van der Waals surface area contributed by atoms with Gasteiger partial charge in [-0.3, -0.25) is 0 Å². The van der Waals surface area contributed by atoms with Gasteiger partial charge in [0.15, 0.2) is 6.29 Å². The molecule has 0 atom stereocenters. The lowest BCUT2D eigenvalue weighted by atomic mass is 10.1. The van der Waals surface area contributed by atoms with Gasteiger partial charge >= 0.3 is 5.97 Å². The van der Waals surface area contributed by atoms with Crippen molar-refractivity contribution in [2.75, 3.05) is 19.8 Å². The summed E-state index contributed by atoms with van der Waals surface area (Å²) in [6.07, 6.45) is 2.84. The number of esters is 1. The van der Waals surface area contributed by atoms with Crippen molar-refractivity contribution in [1.29, 1.82) is 0 Å². The summed E-state index contributed by atoms with van der Waals surface area (Å²) in [6, 6.07) is 7.70. The number of ether oxygens (including phenoxy) is 3. The molecule has 0 bridgehead atoms. The van der Waals surface area contributed by atoms with E-state index in [2.05, 4.69) is 0 Å². The standard InChI is InChI=1S/C14H16O4/c1-2-16-13(15)7-6-11-4-3-5-12(10-11)14-17-8-9-18-14/h3-7,10,14H,2,8-9H2,1H3. The van der Waals surface area contributed by atoms with E-state index in [0.29, 0.717) is 19.8 Å². The Bertz CT molecular complexity index is 433. The normalized spacial score (nSPS) is 16.3. The summed E-state index contributed by atoms with van der Waals surface area (Å²) in [5.41, 5.74) is 1.87. The highest BCUT2D eigenvalue weighted by Crippen LogP contribution is 2.24. The Morgan fingerprint density at radius 2 is 2.22 bits per heavy atom. The molecule has 1 aromatic rings. The van der Waals surface area contributed by atoms with Gasteiger partial charge in [-0.25, -0.2) is 4.79 Å². The van der Waals surface area contributed by atoms with Crippen LogP contribution in [0, 0.1) is 0 Å². The highest BCUT2D eigenvalue weighted by Gasteiger charge is 2.17. The predicted molar refractivity (Wildman–Crippen MR) is 66.8 cm³/mol. The Hall–Kier alpha value is -1.65. The van der Waals surface area contributed by atoms with E-state index in [1.807, 2.05) is 24.3 Å². The molecule has 1 aliphatic rings. The molecule has 1 heterocycles. The topological polar surface area (TPSA) is 44.8 Å². The number of hydrogen-bond donors (Lipinski definition) is 0. The Morgan fingerprint density at radius 3 is 2.94 bits per heavy atom. The highest BCUT2D eigenvalue weighted by molar-refractivity contribution is 5.87. The second kappa shape index (κ2) is 6.33. The van der Waals surface area contributed by atoms with Crippen molar-refractivity contribution in [2.45, 2.75) is 13.2 Å². The molecule has 4 heteroatoms. The minimum atomic E-state index is -0.337. The molecule has 0 aliphatic carbocycles. The summed E-state index contributed by atoms with van der Waals surface area (Å²) in [4.78, 5) is 11.2. The molecule has 2 rings (SSSR count). The number of carbonyl (C=O) groups is 1. The van der Waals surface area contributed by atoms with E-state index in [9.17, 15) is 4.79 Å². The summed E-state index contributed by atoms with van der Waals surface area (Å²) >= 11 is 0. The predicted octanol–water partition coefficient (Wildman–Crippen LogP) is 2.31. The van der Waals surface area contributed by atoms with Crippen molar-refractivity contribution in [3.8, 4) is 0 Å². The van der Waals surface area contributed by atoms with Crippen LogP contribution >= 0.6 is 0 Å². The number of benzene rings is 1. The monoisotopic (exact) mass is 248 g/mol. The zero-order chi connectivity index (χ0) is 12.8. The molecule has 1 saturated heterocycles. The van der Waals surface area contributed by atoms with Gasteiger partial charge in [-0.2, -0.15) is 0 Å². The third-order valence-electron chi connectivity index (χ3n) is 2.50. The maximum atomic E-state index is 11.2. The fourth-order valence-corrected chi connectivity index (χ4v) is 1.71. The summed E-state index contributed by atoms with van der Waals surface area (Å²) < 4.78 is 15.7. The first kappa shape index (κ1) is 12.8. The largest absolute Gasteiger partial charge is 0.463 e. The molecule has 0 saturated carbocycles. The molecule has 96 valence electrons. The fraction of sp³-hybridized carbons (Fsp3) is 0.357. The van der Waals surface area contributed by atoms with Crippen molar-refractivity contribution in [2.24, 2.45) is 0 Å². The molecule has 1 aliphatic heterocycles. The van der Waals surface area contributed by atoms with E-state index in [1.165, 1.54) is 6.08 Å². The van der Waals surface area contributed by atoms with Crippen LogP contribution in [0.15, 0.2) is 30.3 Å². The zero-order valence-electron chi connectivity index (χ0n) is 10.3. The smallest absolute Gasteiger partial charge is 0.330 e. The van der Waals surface area contributed by atoms with Crippen LogP contribution in [0.1, 0.15) is 24.3 Å². The van der Waals surface area contributed by atoms with Crippen LogP contribution < -0.4 is 0 Å². The van der Waals surface area contributed by atoms with Crippen LogP contribution in [0.2, 0.25) is 0 Å². The Balaban J connectivity index is 2.05. The maximum Gasteiger partial charge on any atom is 0.330 e. The molecular weight excluding hydrogens is 232 g/mol. The van der Waals surface area contributed by atoms with Crippen LogP contribution in [-0.4, -0.2) is 25.8 Å². The van der Waals surface area contributed by atoms with Crippen molar-refractivity contribution in [1.82, 2.24) is 0 Å². The number of carbonyl (C=O) groups excluding carboxylic acids is 1. The average molecular weight is 248 g/mol. The lowest BCUT2D eigenvalue weighted by Crippen LogP contribution is -1.99. The third-order valence-corrected chi connectivity index (χ3v) is 2.50. The first-order chi connectivity index (χ1) is 8.79. The molecule has 0 N–H and O–H groups in total. The van der Waals surface area contributed by atoms with Gasteiger partial charge in [0.25, 0.3) is 0 Å². The lowest BCUT2D eigenvalue weighted by Gasteiger charge is -2.09. The molecule has 1 aromatic carbocycles. The van der Waals surface area contributed by atoms with Crippen LogP contribution in [0.3, 0.4) is 0 Å². The number of rotatable bonds is 4. The molecule has 0 aromatic heterocycles. The molecule has 4 nitrogen and oxygen atoms in total. The van der Waals surface area contributed by atoms with E-state index in [0.717, 1.165) is 11.1 Å². The minimum Gasteiger partial charge on any atom is -0.463 e. The summed E-state index contributed by atoms with van der Waals surface area (Å²) in [7, 11) is 0. The Kier molecular flexibility index (Phi) is 4.50. The maximum absolute atomic E-state index is 11.2. The fourth-order valence-electron chi connectivity index (χ4n) is 1.71. The van der Waals surface area contributed by atoms with Crippen molar-refractivity contribution >= 4 is 12.0 Å². The summed E-state index contributed by atoms with van der Waals surface area (Å²) in [5, 5.41) is 0. The quantitative estimate of drug-likeness (QED) is 0.606. The molecular formula is C14H16O4. The second-order valence-corrected chi connectivity index (χ2v) is 3.83. The van der Waals surface area contributed by atoms with Gasteiger partial charge in [0.1, 0.15) is 0 Å². The molecule has 0 amide bonds. The van der Waals surface area contributed by atoms with Crippen molar-refractivity contribution in [3.05, 3.63) is 41.5 Å². The Morgan fingerprint density at radius 1 is 1.44 bits per heavy atom. The van der Waals surface area contributed by atoms with Crippen molar-refractivity contribution < 1.29 is 19.0 Å². The van der Waals surface area contributed by atoms with Gasteiger partial charge in [0, 0.05) is 11.6 Å². The molecule has 0 radical (unpaired) electrons. The van der Waals surface area contributed by atoms with E-state index >= 15 is 0 Å². The first-order valence-electron chi connectivity index (χ1n) is 5.97. The zero-order valence-corrected chi connectivity index (χ0v) is 10.3.